The first-order chi connectivity index (χ1) is 11.8. The van der Waals surface area contributed by atoms with E-state index in [2.05, 4.69) is 5.32 Å². The Morgan fingerprint density at radius 2 is 1.92 bits per heavy atom. The summed E-state index contributed by atoms with van der Waals surface area (Å²) in [5.41, 5.74) is 0.955. The van der Waals surface area contributed by atoms with Gasteiger partial charge in [0.1, 0.15) is 0 Å². The van der Waals surface area contributed by atoms with Gasteiger partial charge in [-0.05, 0) is 43.4 Å². The molecule has 0 aliphatic heterocycles. The van der Waals surface area contributed by atoms with Gasteiger partial charge in [-0.3, -0.25) is 4.57 Å². The van der Waals surface area contributed by atoms with Gasteiger partial charge >= 0.3 is 0 Å². The van der Waals surface area contributed by atoms with Crippen molar-refractivity contribution in [3.05, 3.63) is 33.8 Å². The average molecular weight is 408 g/mol. The third-order valence-corrected chi connectivity index (χ3v) is 7.69. The SMILES string of the molecule is C[C@@H](NC[C@H](O)CP(=O)(O)CC1CCCCC1)c1ccc(Cl)c(Cl)c1. The van der Waals surface area contributed by atoms with E-state index in [-0.39, 0.29) is 18.7 Å². The van der Waals surface area contributed by atoms with E-state index in [9.17, 15) is 14.6 Å². The molecule has 1 saturated carbocycles. The van der Waals surface area contributed by atoms with Crippen molar-refractivity contribution in [2.45, 2.75) is 51.2 Å². The summed E-state index contributed by atoms with van der Waals surface area (Å²) in [6, 6.07) is 5.35. The number of rotatable bonds is 8. The summed E-state index contributed by atoms with van der Waals surface area (Å²) < 4.78 is 12.4. The lowest BCUT2D eigenvalue weighted by Gasteiger charge is -2.25. The lowest BCUT2D eigenvalue weighted by Crippen LogP contribution is -2.32. The molecule has 2 rings (SSSR count). The van der Waals surface area contributed by atoms with E-state index in [4.69, 9.17) is 23.2 Å². The van der Waals surface area contributed by atoms with E-state index in [1.807, 2.05) is 13.0 Å². The van der Waals surface area contributed by atoms with E-state index >= 15 is 0 Å². The van der Waals surface area contributed by atoms with Gasteiger partial charge < -0.3 is 15.3 Å². The van der Waals surface area contributed by atoms with Crippen molar-refractivity contribution in [3.8, 4) is 0 Å². The van der Waals surface area contributed by atoms with Crippen molar-refractivity contribution in [2.75, 3.05) is 18.9 Å². The van der Waals surface area contributed by atoms with E-state index in [1.165, 1.54) is 6.42 Å². The van der Waals surface area contributed by atoms with Crippen LogP contribution in [0.4, 0.5) is 0 Å². The number of benzene rings is 1. The van der Waals surface area contributed by atoms with Crippen LogP contribution in [0.1, 0.15) is 50.6 Å². The number of hydrogen-bond donors (Lipinski definition) is 3. The summed E-state index contributed by atoms with van der Waals surface area (Å²) in [6.45, 7) is 2.21. The van der Waals surface area contributed by atoms with Crippen LogP contribution in [-0.2, 0) is 4.57 Å². The predicted octanol–water partition coefficient (Wildman–Crippen LogP) is 4.86. The normalized spacial score (nSPS) is 20.8. The molecule has 1 fully saturated rings. The van der Waals surface area contributed by atoms with Gasteiger partial charge in [0, 0.05) is 18.7 Å². The molecular weight excluding hydrogens is 380 g/mol. The summed E-state index contributed by atoms with van der Waals surface area (Å²) in [4.78, 5) is 10.2. The Balaban J connectivity index is 1.79. The van der Waals surface area contributed by atoms with Crippen molar-refractivity contribution >= 4 is 30.6 Å². The Morgan fingerprint density at radius 3 is 2.56 bits per heavy atom. The van der Waals surface area contributed by atoms with Gasteiger partial charge in [0.2, 0.25) is 7.37 Å². The monoisotopic (exact) mass is 407 g/mol. The molecule has 0 aromatic heterocycles. The number of aliphatic hydroxyl groups excluding tert-OH is 1. The largest absolute Gasteiger partial charge is 0.391 e. The van der Waals surface area contributed by atoms with Crippen LogP contribution in [0.15, 0.2) is 18.2 Å². The maximum absolute atomic E-state index is 12.4. The van der Waals surface area contributed by atoms with Crippen LogP contribution in [0.25, 0.3) is 0 Å². The van der Waals surface area contributed by atoms with Gasteiger partial charge in [-0.1, -0.05) is 48.5 Å². The molecule has 1 aromatic carbocycles. The smallest absolute Gasteiger partial charge is 0.203 e. The highest BCUT2D eigenvalue weighted by Gasteiger charge is 2.28. The number of hydrogen-bond acceptors (Lipinski definition) is 3. The zero-order valence-corrected chi connectivity index (χ0v) is 17.0. The number of halogens is 2. The fourth-order valence-corrected chi connectivity index (χ4v) is 5.87. The highest BCUT2D eigenvalue weighted by Crippen LogP contribution is 2.45. The molecular formula is C18H28Cl2NO3P. The minimum atomic E-state index is -3.29. The summed E-state index contributed by atoms with van der Waals surface area (Å²) in [7, 11) is -3.29. The van der Waals surface area contributed by atoms with Crippen molar-refractivity contribution < 1.29 is 14.6 Å². The quantitative estimate of drug-likeness (QED) is 0.538. The lowest BCUT2D eigenvalue weighted by molar-refractivity contribution is 0.186. The third-order valence-electron chi connectivity index (χ3n) is 4.87. The highest BCUT2D eigenvalue weighted by atomic mass is 35.5. The molecule has 1 aliphatic carbocycles. The molecule has 3 N–H and O–H groups in total. The van der Waals surface area contributed by atoms with Gasteiger partial charge in [0.15, 0.2) is 0 Å². The van der Waals surface area contributed by atoms with Gasteiger partial charge in [0.25, 0.3) is 0 Å². The van der Waals surface area contributed by atoms with Crippen LogP contribution in [0.2, 0.25) is 10.0 Å². The van der Waals surface area contributed by atoms with Crippen molar-refractivity contribution in [3.63, 3.8) is 0 Å². The Labute approximate surface area is 160 Å². The maximum Gasteiger partial charge on any atom is 0.203 e. The van der Waals surface area contributed by atoms with Crippen LogP contribution in [-0.4, -0.2) is 35.0 Å². The Hall–Kier alpha value is -0.0900. The van der Waals surface area contributed by atoms with Gasteiger partial charge in [-0.25, -0.2) is 0 Å². The second kappa shape index (κ2) is 9.73. The second-order valence-electron chi connectivity index (χ2n) is 7.17. The van der Waals surface area contributed by atoms with Crippen LogP contribution >= 0.6 is 30.6 Å². The fraction of sp³-hybridized carbons (Fsp3) is 0.667. The zero-order valence-electron chi connectivity index (χ0n) is 14.6. The Kier molecular flexibility index (Phi) is 8.26. The molecule has 0 bridgehead atoms. The molecule has 3 atom stereocenters. The molecule has 0 amide bonds. The number of aliphatic hydroxyl groups is 1. The zero-order chi connectivity index (χ0) is 18.4. The molecule has 0 spiro atoms. The summed E-state index contributed by atoms with van der Waals surface area (Å²) >= 11 is 11.9. The average Bonchev–Trinajstić information content (AvgIpc) is 2.55. The van der Waals surface area contributed by atoms with Gasteiger partial charge in [-0.15, -0.1) is 0 Å². The predicted molar refractivity (Wildman–Crippen MR) is 105 cm³/mol. The standard InChI is InChI=1S/C18H28Cl2NO3P/c1-13(15-7-8-17(19)18(20)9-15)21-10-16(22)12-25(23,24)11-14-5-3-2-4-6-14/h7-9,13-14,16,21-22H,2-6,10-12H2,1H3,(H,23,24)/t13-,16+/m1/s1. The maximum atomic E-state index is 12.4. The molecule has 1 aromatic rings. The molecule has 4 nitrogen and oxygen atoms in total. The molecule has 0 radical (unpaired) electrons. The number of nitrogens with one attached hydrogen (secondary N) is 1. The van der Waals surface area contributed by atoms with Crippen LogP contribution in [0.3, 0.4) is 0 Å². The Morgan fingerprint density at radius 1 is 1.24 bits per heavy atom. The van der Waals surface area contributed by atoms with Crippen molar-refractivity contribution in [1.29, 1.82) is 0 Å². The minimum absolute atomic E-state index is 0.0409. The van der Waals surface area contributed by atoms with E-state index < -0.39 is 13.5 Å². The van der Waals surface area contributed by atoms with E-state index in [1.54, 1.807) is 12.1 Å². The third kappa shape index (κ3) is 7.21. The van der Waals surface area contributed by atoms with E-state index in [0.29, 0.717) is 22.1 Å². The molecule has 142 valence electrons. The van der Waals surface area contributed by atoms with Crippen LogP contribution in [0, 0.1) is 5.92 Å². The van der Waals surface area contributed by atoms with Gasteiger partial charge in [0.05, 0.1) is 22.3 Å². The second-order valence-corrected chi connectivity index (χ2v) is 10.4. The first kappa shape index (κ1) is 21.2. The minimum Gasteiger partial charge on any atom is -0.391 e. The fourth-order valence-electron chi connectivity index (χ4n) is 3.45. The highest BCUT2D eigenvalue weighted by molar-refractivity contribution is 7.58. The topological polar surface area (TPSA) is 69.6 Å². The molecule has 7 heteroatoms. The first-order valence-corrected chi connectivity index (χ1v) is 11.7. The molecule has 0 heterocycles. The molecule has 25 heavy (non-hydrogen) atoms. The summed E-state index contributed by atoms with van der Waals surface area (Å²) in [6.07, 6.45) is 5.04. The lowest BCUT2D eigenvalue weighted by atomic mass is 9.91. The van der Waals surface area contributed by atoms with Crippen LogP contribution in [0.5, 0.6) is 0 Å². The molecule has 0 saturated heterocycles. The van der Waals surface area contributed by atoms with Crippen molar-refractivity contribution in [2.24, 2.45) is 5.92 Å². The van der Waals surface area contributed by atoms with Crippen LogP contribution < -0.4 is 5.32 Å². The van der Waals surface area contributed by atoms with E-state index in [0.717, 1.165) is 31.2 Å². The summed E-state index contributed by atoms with van der Waals surface area (Å²) in [5.74, 6) is 0.333. The summed E-state index contributed by atoms with van der Waals surface area (Å²) in [5, 5.41) is 14.3. The Bertz CT molecular complexity index is 608. The molecule has 1 aliphatic rings. The van der Waals surface area contributed by atoms with Crippen molar-refractivity contribution in [1.82, 2.24) is 5.32 Å². The first-order valence-electron chi connectivity index (χ1n) is 8.94. The molecule has 1 unspecified atom stereocenters. The van der Waals surface area contributed by atoms with Gasteiger partial charge in [-0.2, -0.15) is 0 Å².